The summed E-state index contributed by atoms with van der Waals surface area (Å²) in [5, 5.41) is 0.293. The lowest BCUT2D eigenvalue weighted by Crippen LogP contribution is -2.63. The molecular formula is C20H27F2N2O+. The van der Waals surface area contributed by atoms with Crippen molar-refractivity contribution in [1.29, 1.82) is 0 Å². The van der Waals surface area contributed by atoms with Crippen LogP contribution in [0.4, 0.5) is 8.78 Å². The van der Waals surface area contributed by atoms with Crippen LogP contribution in [0.1, 0.15) is 40.0 Å². The number of piperidine rings is 1. The first-order valence-corrected chi connectivity index (χ1v) is 9.08. The van der Waals surface area contributed by atoms with Crippen LogP contribution >= 0.6 is 0 Å². The first-order valence-electron chi connectivity index (χ1n) is 9.08. The molecule has 0 saturated carbocycles. The van der Waals surface area contributed by atoms with Crippen LogP contribution < -0.4 is 5.56 Å². The van der Waals surface area contributed by atoms with Gasteiger partial charge >= 0.3 is 0 Å². The van der Waals surface area contributed by atoms with Gasteiger partial charge in [0.05, 0.1) is 37.2 Å². The number of rotatable bonds is 3. The zero-order valence-corrected chi connectivity index (χ0v) is 15.3. The minimum Gasteiger partial charge on any atom is -0.318 e. The van der Waals surface area contributed by atoms with Crippen molar-refractivity contribution in [2.24, 2.45) is 0 Å². The normalized spacial score (nSPS) is 17.8. The molecule has 1 fully saturated rings. The van der Waals surface area contributed by atoms with Crippen molar-refractivity contribution in [2.75, 3.05) is 19.6 Å². The molecule has 0 atom stereocenters. The van der Waals surface area contributed by atoms with Crippen molar-refractivity contribution in [1.82, 2.24) is 4.57 Å². The number of benzene rings is 1. The quantitative estimate of drug-likeness (QED) is 0.766. The Hall–Kier alpha value is -1.75. The number of hydrogen-bond donors (Lipinski definition) is 0. The molecule has 3 rings (SSSR count). The second kappa shape index (κ2) is 6.52. The van der Waals surface area contributed by atoms with Crippen LogP contribution in [0, 0.1) is 11.6 Å². The molecular weight excluding hydrogens is 322 g/mol. The molecule has 2 aromatic rings. The maximum absolute atomic E-state index is 14.1. The van der Waals surface area contributed by atoms with Gasteiger partial charge < -0.3 is 9.05 Å². The van der Waals surface area contributed by atoms with Gasteiger partial charge in [0.2, 0.25) is 0 Å². The van der Waals surface area contributed by atoms with Crippen molar-refractivity contribution < 1.29 is 13.3 Å². The van der Waals surface area contributed by atoms with Gasteiger partial charge in [-0.1, -0.05) is 0 Å². The summed E-state index contributed by atoms with van der Waals surface area (Å²) in [5.41, 5.74) is 0.209. The Bertz CT molecular complexity index is 830. The highest BCUT2D eigenvalue weighted by Crippen LogP contribution is 2.30. The molecule has 3 nitrogen and oxygen atoms in total. The van der Waals surface area contributed by atoms with Crippen molar-refractivity contribution in [3.05, 3.63) is 46.3 Å². The smallest absolute Gasteiger partial charge is 0.251 e. The number of likely N-dealkylation sites (tertiary alicyclic amines) is 1. The third-order valence-corrected chi connectivity index (χ3v) is 5.87. The second-order valence-electron chi connectivity index (χ2n) is 8.19. The standard InChI is InChI=1S/C20H27F2N2O/c1-20(2,3)24(10-5-4-6-11-24)12-9-23-18-14-15(21)13-17(22)16(18)7-8-19(23)25/h7-8,13-14H,4-6,9-12H2,1-3H3/q+1. The van der Waals surface area contributed by atoms with Crippen LogP contribution in [0.15, 0.2) is 29.1 Å². The molecule has 2 heterocycles. The van der Waals surface area contributed by atoms with Crippen LogP contribution in [0.3, 0.4) is 0 Å². The number of halogens is 2. The number of nitrogens with zero attached hydrogens (tertiary/aromatic N) is 2. The minimum absolute atomic E-state index is 0.0745. The first kappa shape index (κ1) is 18.1. The van der Waals surface area contributed by atoms with Gasteiger partial charge in [-0.2, -0.15) is 0 Å². The van der Waals surface area contributed by atoms with Gasteiger partial charge in [-0.05, 0) is 52.2 Å². The van der Waals surface area contributed by atoms with Crippen molar-refractivity contribution >= 4 is 10.9 Å². The monoisotopic (exact) mass is 349 g/mol. The van der Waals surface area contributed by atoms with Crippen LogP contribution in [0.5, 0.6) is 0 Å². The third-order valence-electron chi connectivity index (χ3n) is 5.87. The summed E-state index contributed by atoms with van der Waals surface area (Å²) in [7, 11) is 0. The number of pyridine rings is 1. The molecule has 1 aliphatic heterocycles. The minimum atomic E-state index is -0.651. The molecule has 1 aliphatic rings. The molecule has 0 amide bonds. The van der Waals surface area contributed by atoms with Gasteiger partial charge in [0, 0.05) is 17.5 Å². The lowest BCUT2D eigenvalue weighted by molar-refractivity contribution is -0.975. The Morgan fingerprint density at radius 1 is 1.08 bits per heavy atom. The van der Waals surface area contributed by atoms with E-state index in [1.54, 1.807) is 0 Å². The van der Waals surface area contributed by atoms with Gasteiger partial charge in [-0.3, -0.25) is 4.79 Å². The van der Waals surface area contributed by atoms with Crippen molar-refractivity contribution in [2.45, 2.75) is 52.1 Å². The average molecular weight is 349 g/mol. The number of aromatic nitrogens is 1. The average Bonchev–Trinajstić information content (AvgIpc) is 2.53. The van der Waals surface area contributed by atoms with Gasteiger partial charge in [0.1, 0.15) is 11.6 Å². The molecule has 0 radical (unpaired) electrons. The highest BCUT2D eigenvalue weighted by atomic mass is 19.1. The fourth-order valence-corrected chi connectivity index (χ4v) is 4.19. The van der Waals surface area contributed by atoms with Crippen LogP contribution in [-0.2, 0) is 6.54 Å². The first-order chi connectivity index (χ1) is 11.7. The van der Waals surface area contributed by atoms with E-state index in [1.165, 1.54) is 42.0 Å². The third kappa shape index (κ3) is 3.34. The molecule has 1 aromatic heterocycles. The largest absolute Gasteiger partial charge is 0.318 e. The highest BCUT2D eigenvalue weighted by molar-refractivity contribution is 5.79. The molecule has 1 aromatic carbocycles. The second-order valence-corrected chi connectivity index (χ2v) is 8.19. The fourth-order valence-electron chi connectivity index (χ4n) is 4.19. The zero-order valence-electron chi connectivity index (χ0n) is 15.3. The van der Waals surface area contributed by atoms with E-state index in [-0.39, 0.29) is 11.1 Å². The Labute approximate surface area is 147 Å². The predicted octanol–water partition coefficient (Wildman–Crippen LogP) is 4.08. The molecule has 136 valence electrons. The summed E-state index contributed by atoms with van der Waals surface area (Å²) in [5.74, 6) is -1.27. The van der Waals surface area contributed by atoms with E-state index in [4.69, 9.17) is 0 Å². The zero-order chi connectivity index (χ0) is 18.2. The Balaban J connectivity index is 2.00. The summed E-state index contributed by atoms with van der Waals surface area (Å²) in [4.78, 5) is 12.4. The predicted molar refractivity (Wildman–Crippen MR) is 96.6 cm³/mol. The maximum atomic E-state index is 14.1. The van der Waals surface area contributed by atoms with E-state index in [9.17, 15) is 13.6 Å². The molecule has 25 heavy (non-hydrogen) atoms. The molecule has 0 bridgehead atoms. The Morgan fingerprint density at radius 2 is 1.76 bits per heavy atom. The highest BCUT2D eigenvalue weighted by Gasteiger charge is 2.40. The lowest BCUT2D eigenvalue weighted by Gasteiger charge is -2.51. The summed E-state index contributed by atoms with van der Waals surface area (Å²) < 4.78 is 30.2. The summed E-state index contributed by atoms with van der Waals surface area (Å²) >= 11 is 0. The Morgan fingerprint density at radius 3 is 2.40 bits per heavy atom. The van der Waals surface area contributed by atoms with Gasteiger partial charge in [0.15, 0.2) is 0 Å². The molecule has 5 heteroatoms. The summed E-state index contributed by atoms with van der Waals surface area (Å²) in [6.07, 6.45) is 3.62. The molecule has 0 N–H and O–H groups in total. The molecule has 0 spiro atoms. The van der Waals surface area contributed by atoms with E-state index in [0.29, 0.717) is 17.4 Å². The van der Waals surface area contributed by atoms with Gasteiger partial charge in [0.25, 0.3) is 5.56 Å². The summed E-state index contributed by atoms with van der Waals surface area (Å²) in [6, 6.07) is 4.95. The number of quaternary nitrogens is 1. The number of hydrogen-bond acceptors (Lipinski definition) is 1. The summed E-state index contributed by atoms with van der Waals surface area (Å²) in [6.45, 7) is 10.2. The van der Waals surface area contributed by atoms with Crippen molar-refractivity contribution in [3.8, 4) is 0 Å². The number of fused-ring (bicyclic) bond motifs is 1. The van der Waals surface area contributed by atoms with Crippen LogP contribution in [-0.4, -0.2) is 34.2 Å². The van der Waals surface area contributed by atoms with Gasteiger partial charge in [-0.15, -0.1) is 0 Å². The lowest BCUT2D eigenvalue weighted by atomic mass is 9.95. The van der Waals surface area contributed by atoms with E-state index >= 15 is 0 Å². The SMILES string of the molecule is CC(C)(C)[N+]1(CCn2c(=O)ccc3c(F)cc(F)cc32)CCCCC1. The van der Waals surface area contributed by atoms with E-state index in [1.807, 2.05) is 0 Å². The maximum Gasteiger partial charge on any atom is 0.251 e. The van der Waals surface area contributed by atoms with Crippen LogP contribution in [0.2, 0.25) is 0 Å². The van der Waals surface area contributed by atoms with E-state index in [0.717, 1.165) is 30.2 Å². The van der Waals surface area contributed by atoms with E-state index in [2.05, 4.69) is 20.8 Å². The molecule has 0 aliphatic carbocycles. The van der Waals surface area contributed by atoms with E-state index < -0.39 is 11.6 Å². The Kier molecular flexibility index (Phi) is 4.71. The fraction of sp³-hybridized carbons (Fsp3) is 0.550. The van der Waals surface area contributed by atoms with Crippen molar-refractivity contribution in [3.63, 3.8) is 0 Å². The van der Waals surface area contributed by atoms with Gasteiger partial charge in [-0.25, -0.2) is 8.78 Å². The molecule has 0 unspecified atom stereocenters. The van der Waals surface area contributed by atoms with Crippen LogP contribution in [0.25, 0.3) is 10.9 Å². The topological polar surface area (TPSA) is 22.0 Å². The molecule has 1 saturated heterocycles.